The minimum atomic E-state index is 0.618. The monoisotopic (exact) mass is 142 g/mol. The van der Waals surface area contributed by atoms with E-state index >= 15 is 0 Å². The van der Waals surface area contributed by atoms with Crippen molar-refractivity contribution in [2.24, 2.45) is 11.0 Å². The summed E-state index contributed by atoms with van der Waals surface area (Å²) in [5.41, 5.74) is 2.74. The molecule has 0 fully saturated rings. The van der Waals surface area contributed by atoms with Crippen molar-refractivity contribution in [2.75, 3.05) is 7.05 Å². The lowest BCUT2D eigenvalue weighted by Crippen LogP contribution is -2.01. The molecule has 0 amide bonds. The molecule has 0 rings (SSSR count). The zero-order chi connectivity index (χ0) is 7.82. The van der Waals surface area contributed by atoms with E-state index in [1.54, 1.807) is 0 Å². The van der Waals surface area contributed by atoms with Gasteiger partial charge in [0.1, 0.15) is 0 Å². The van der Waals surface area contributed by atoms with Crippen molar-refractivity contribution in [3.63, 3.8) is 0 Å². The molecule has 0 bridgehead atoms. The van der Waals surface area contributed by atoms with Crippen LogP contribution in [0.3, 0.4) is 0 Å². The van der Waals surface area contributed by atoms with Crippen LogP contribution >= 0.6 is 0 Å². The SMILES string of the molecule is CCCCC(C)/C=N/NC. The van der Waals surface area contributed by atoms with Crippen LogP contribution in [0.1, 0.15) is 33.1 Å². The Hall–Kier alpha value is -0.530. The van der Waals surface area contributed by atoms with Gasteiger partial charge in [0.25, 0.3) is 0 Å². The molecule has 1 atom stereocenters. The van der Waals surface area contributed by atoms with Crippen LogP contribution in [0, 0.1) is 5.92 Å². The standard InChI is InChI=1S/C8H18N2/c1-4-5-6-8(2)7-10-9-3/h7-9H,4-6H2,1-3H3/b10-7+. The van der Waals surface area contributed by atoms with E-state index in [4.69, 9.17) is 0 Å². The second-order valence-corrected chi connectivity index (χ2v) is 2.62. The molecule has 60 valence electrons. The van der Waals surface area contributed by atoms with Gasteiger partial charge in [-0.3, -0.25) is 0 Å². The first-order valence-electron chi connectivity index (χ1n) is 4.01. The van der Waals surface area contributed by atoms with Crippen LogP contribution in [0.15, 0.2) is 5.10 Å². The van der Waals surface area contributed by atoms with Gasteiger partial charge in [0.2, 0.25) is 0 Å². The van der Waals surface area contributed by atoms with Crippen molar-refractivity contribution in [1.29, 1.82) is 0 Å². The van der Waals surface area contributed by atoms with Gasteiger partial charge in [-0.15, -0.1) is 0 Å². The van der Waals surface area contributed by atoms with E-state index in [2.05, 4.69) is 24.4 Å². The molecule has 0 saturated carbocycles. The second kappa shape index (κ2) is 6.59. The molecule has 0 aliphatic heterocycles. The highest BCUT2D eigenvalue weighted by Crippen LogP contribution is 2.03. The minimum Gasteiger partial charge on any atom is -0.313 e. The molecule has 0 heterocycles. The average molecular weight is 142 g/mol. The van der Waals surface area contributed by atoms with Gasteiger partial charge in [-0.1, -0.05) is 26.7 Å². The third-order valence-corrected chi connectivity index (χ3v) is 1.47. The van der Waals surface area contributed by atoms with Gasteiger partial charge in [-0.05, 0) is 12.3 Å². The topological polar surface area (TPSA) is 24.4 Å². The quantitative estimate of drug-likeness (QED) is 0.461. The maximum atomic E-state index is 3.95. The van der Waals surface area contributed by atoms with E-state index in [-0.39, 0.29) is 0 Å². The van der Waals surface area contributed by atoms with Crippen molar-refractivity contribution < 1.29 is 0 Å². The largest absolute Gasteiger partial charge is 0.313 e. The third kappa shape index (κ3) is 5.60. The molecule has 0 spiro atoms. The summed E-state index contributed by atoms with van der Waals surface area (Å²) in [5, 5.41) is 3.95. The van der Waals surface area contributed by atoms with Crippen LogP contribution in [0.25, 0.3) is 0 Å². The summed E-state index contributed by atoms with van der Waals surface area (Å²) in [5.74, 6) is 0.618. The van der Waals surface area contributed by atoms with Crippen LogP contribution in [-0.2, 0) is 0 Å². The summed E-state index contributed by atoms with van der Waals surface area (Å²) in [7, 11) is 1.82. The molecule has 2 nitrogen and oxygen atoms in total. The molecule has 0 radical (unpaired) electrons. The Morgan fingerprint density at radius 1 is 1.60 bits per heavy atom. The molecule has 0 aromatic rings. The molecule has 2 heteroatoms. The van der Waals surface area contributed by atoms with Gasteiger partial charge < -0.3 is 5.43 Å². The summed E-state index contributed by atoms with van der Waals surface area (Å²) in [6.45, 7) is 4.40. The first kappa shape index (κ1) is 9.47. The Bertz CT molecular complexity index is 89.3. The van der Waals surface area contributed by atoms with E-state index in [0.29, 0.717) is 5.92 Å². The number of nitrogens with one attached hydrogen (secondary N) is 1. The fourth-order valence-electron chi connectivity index (χ4n) is 0.802. The van der Waals surface area contributed by atoms with Gasteiger partial charge in [0.05, 0.1) is 0 Å². The van der Waals surface area contributed by atoms with E-state index in [9.17, 15) is 0 Å². The lowest BCUT2D eigenvalue weighted by Gasteiger charge is -2.01. The Kier molecular flexibility index (Phi) is 6.24. The highest BCUT2D eigenvalue weighted by Gasteiger charge is 1.94. The first-order chi connectivity index (χ1) is 4.81. The molecular weight excluding hydrogens is 124 g/mol. The summed E-state index contributed by atoms with van der Waals surface area (Å²) >= 11 is 0. The molecule has 0 aliphatic rings. The highest BCUT2D eigenvalue weighted by molar-refractivity contribution is 5.59. The number of nitrogens with zero attached hydrogens (tertiary/aromatic N) is 1. The van der Waals surface area contributed by atoms with E-state index in [0.717, 1.165) is 0 Å². The fourth-order valence-corrected chi connectivity index (χ4v) is 0.802. The molecule has 0 aromatic heterocycles. The third-order valence-electron chi connectivity index (χ3n) is 1.47. The first-order valence-corrected chi connectivity index (χ1v) is 4.01. The van der Waals surface area contributed by atoms with Crippen molar-refractivity contribution in [1.82, 2.24) is 5.43 Å². The number of hydrogen-bond donors (Lipinski definition) is 1. The summed E-state index contributed by atoms with van der Waals surface area (Å²) in [6, 6.07) is 0. The minimum absolute atomic E-state index is 0.618. The number of rotatable bonds is 5. The van der Waals surface area contributed by atoms with Crippen molar-refractivity contribution in [2.45, 2.75) is 33.1 Å². The average Bonchev–Trinajstić information content (AvgIpc) is 1.97. The van der Waals surface area contributed by atoms with Gasteiger partial charge in [-0.25, -0.2) is 0 Å². The lowest BCUT2D eigenvalue weighted by atomic mass is 10.1. The molecule has 0 aromatic carbocycles. The maximum absolute atomic E-state index is 3.95. The maximum Gasteiger partial charge on any atom is 0.0270 e. The molecule has 1 N–H and O–H groups in total. The van der Waals surface area contributed by atoms with Crippen molar-refractivity contribution in [3.05, 3.63) is 0 Å². The van der Waals surface area contributed by atoms with Crippen LogP contribution in [0.4, 0.5) is 0 Å². The Morgan fingerprint density at radius 2 is 2.30 bits per heavy atom. The smallest absolute Gasteiger partial charge is 0.0270 e. The van der Waals surface area contributed by atoms with Crippen LogP contribution in [0.5, 0.6) is 0 Å². The predicted octanol–water partition coefficient (Wildman–Crippen LogP) is 2.02. The molecule has 0 saturated heterocycles. The molecule has 10 heavy (non-hydrogen) atoms. The van der Waals surface area contributed by atoms with Crippen molar-refractivity contribution in [3.8, 4) is 0 Å². The zero-order valence-corrected chi connectivity index (χ0v) is 7.22. The van der Waals surface area contributed by atoms with Gasteiger partial charge in [0, 0.05) is 13.3 Å². The zero-order valence-electron chi connectivity index (χ0n) is 7.22. The van der Waals surface area contributed by atoms with Gasteiger partial charge >= 0.3 is 0 Å². The van der Waals surface area contributed by atoms with Gasteiger partial charge in [0.15, 0.2) is 0 Å². The summed E-state index contributed by atoms with van der Waals surface area (Å²) in [6.07, 6.45) is 5.80. The van der Waals surface area contributed by atoms with Crippen LogP contribution in [0.2, 0.25) is 0 Å². The Morgan fingerprint density at radius 3 is 2.80 bits per heavy atom. The lowest BCUT2D eigenvalue weighted by molar-refractivity contribution is 0.629. The number of hydrazone groups is 1. The Balaban J connectivity index is 3.24. The predicted molar refractivity (Wildman–Crippen MR) is 46.2 cm³/mol. The van der Waals surface area contributed by atoms with Crippen LogP contribution in [-0.4, -0.2) is 13.3 Å². The van der Waals surface area contributed by atoms with E-state index in [1.807, 2.05) is 13.3 Å². The molecule has 0 aliphatic carbocycles. The summed E-state index contributed by atoms with van der Waals surface area (Å²) in [4.78, 5) is 0. The highest BCUT2D eigenvalue weighted by atomic mass is 15.3. The second-order valence-electron chi connectivity index (χ2n) is 2.62. The van der Waals surface area contributed by atoms with Crippen molar-refractivity contribution >= 4 is 6.21 Å². The van der Waals surface area contributed by atoms with E-state index < -0.39 is 0 Å². The fraction of sp³-hybridized carbons (Fsp3) is 0.875. The summed E-state index contributed by atoms with van der Waals surface area (Å²) < 4.78 is 0. The van der Waals surface area contributed by atoms with E-state index in [1.165, 1.54) is 19.3 Å². The Labute approximate surface area is 63.7 Å². The molecule has 1 unspecified atom stereocenters. The molecular formula is C8H18N2. The number of hydrogen-bond acceptors (Lipinski definition) is 2. The van der Waals surface area contributed by atoms with Crippen LogP contribution < -0.4 is 5.43 Å². The van der Waals surface area contributed by atoms with Gasteiger partial charge in [-0.2, -0.15) is 5.10 Å². The normalized spacial score (nSPS) is 13.9. The number of unbranched alkanes of at least 4 members (excludes halogenated alkanes) is 1.